The minimum Gasteiger partial charge on any atom is -0.480 e. The molecule has 1 amide bonds. The molecule has 1 heterocycles. The Hall–Kier alpha value is -2.44. The van der Waals surface area contributed by atoms with Crippen molar-refractivity contribution in [2.75, 3.05) is 13.1 Å². The van der Waals surface area contributed by atoms with Crippen LogP contribution < -0.4 is 5.69 Å². The molecule has 0 unspecified atom stereocenters. The minimum atomic E-state index is -1.12. The maximum Gasteiger partial charge on any atom is 0.347 e. The van der Waals surface area contributed by atoms with Crippen LogP contribution in [-0.2, 0) is 16.1 Å². The highest BCUT2D eigenvalue weighted by Gasteiger charge is 2.16. The molecule has 1 N–H and O–H groups in total. The second-order valence-electron chi connectivity index (χ2n) is 3.49. The van der Waals surface area contributed by atoms with Crippen molar-refractivity contribution in [1.82, 2.24) is 14.5 Å². The second kappa shape index (κ2) is 6.33. The highest BCUT2D eigenvalue weighted by Crippen LogP contribution is 1.93. The normalized spacial score (nSPS) is 9.78. The Morgan fingerprint density at radius 3 is 2.83 bits per heavy atom. The molecule has 0 aliphatic carbocycles. The average molecular weight is 251 g/mol. The molecule has 0 saturated carbocycles. The van der Waals surface area contributed by atoms with Crippen LogP contribution >= 0.6 is 0 Å². The first-order chi connectivity index (χ1) is 8.54. The lowest BCUT2D eigenvalue weighted by molar-refractivity contribution is -0.144. The summed E-state index contributed by atoms with van der Waals surface area (Å²) in [5, 5.41) is 8.67. The zero-order valence-electron chi connectivity index (χ0n) is 9.65. The number of carboxylic acids is 1. The summed E-state index contributed by atoms with van der Waals surface area (Å²) in [6.45, 7) is 2.89. The summed E-state index contributed by atoms with van der Waals surface area (Å²) < 4.78 is 1.11. The van der Waals surface area contributed by atoms with Crippen molar-refractivity contribution in [1.29, 1.82) is 0 Å². The Morgan fingerprint density at radius 2 is 2.28 bits per heavy atom. The molecular weight excluding hydrogens is 238 g/mol. The third kappa shape index (κ3) is 3.85. The number of carboxylic acid groups (broad SMARTS) is 1. The predicted octanol–water partition coefficient (Wildman–Crippen LogP) is -0.657. The van der Waals surface area contributed by atoms with Crippen molar-refractivity contribution in [3.8, 4) is 0 Å². The SMILES string of the molecule is C=CCN(CC(=O)O)C(=O)Cn1cccnc1=O. The van der Waals surface area contributed by atoms with Crippen molar-refractivity contribution < 1.29 is 14.7 Å². The van der Waals surface area contributed by atoms with Crippen molar-refractivity contribution in [3.05, 3.63) is 41.6 Å². The molecule has 96 valence electrons. The summed E-state index contributed by atoms with van der Waals surface area (Å²) >= 11 is 0. The first-order valence-corrected chi connectivity index (χ1v) is 5.16. The molecule has 0 aromatic carbocycles. The number of hydrogen-bond acceptors (Lipinski definition) is 4. The standard InChI is InChI=1S/C11H13N3O4/c1-2-5-13(8-10(16)17)9(15)7-14-6-3-4-12-11(14)18/h2-4,6H,1,5,7-8H2,(H,16,17). The number of carbonyl (C=O) groups excluding carboxylic acids is 1. The van der Waals surface area contributed by atoms with E-state index in [0.29, 0.717) is 0 Å². The van der Waals surface area contributed by atoms with Crippen LogP contribution in [0.15, 0.2) is 35.9 Å². The lowest BCUT2D eigenvalue weighted by Gasteiger charge is -2.19. The predicted molar refractivity (Wildman–Crippen MR) is 62.9 cm³/mol. The monoisotopic (exact) mass is 251 g/mol. The summed E-state index contributed by atoms with van der Waals surface area (Å²) in [5.41, 5.74) is -0.556. The molecule has 7 nitrogen and oxygen atoms in total. The zero-order chi connectivity index (χ0) is 13.5. The maximum absolute atomic E-state index is 11.8. The van der Waals surface area contributed by atoms with E-state index in [9.17, 15) is 14.4 Å². The van der Waals surface area contributed by atoms with Gasteiger partial charge in [0.15, 0.2) is 0 Å². The number of aliphatic carboxylic acids is 1. The van der Waals surface area contributed by atoms with Gasteiger partial charge in [0.05, 0.1) is 0 Å². The van der Waals surface area contributed by atoms with Gasteiger partial charge in [0.2, 0.25) is 5.91 Å². The first kappa shape index (κ1) is 13.6. The number of aromatic nitrogens is 2. The van der Waals surface area contributed by atoms with Gasteiger partial charge in [-0.25, -0.2) is 9.78 Å². The topological polar surface area (TPSA) is 92.5 Å². The van der Waals surface area contributed by atoms with Crippen LogP contribution in [0.2, 0.25) is 0 Å². The Kier molecular flexibility index (Phi) is 4.79. The van der Waals surface area contributed by atoms with Crippen molar-refractivity contribution >= 4 is 11.9 Å². The van der Waals surface area contributed by atoms with Crippen molar-refractivity contribution in [2.24, 2.45) is 0 Å². The summed E-state index contributed by atoms with van der Waals surface area (Å²) in [6, 6.07) is 1.52. The van der Waals surface area contributed by atoms with Crippen LogP contribution in [0.1, 0.15) is 0 Å². The van der Waals surface area contributed by atoms with E-state index in [1.807, 2.05) is 0 Å². The van der Waals surface area contributed by atoms with Crippen molar-refractivity contribution in [3.63, 3.8) is 0 Å². The van der Waals surface area contributed by atoms with E-state index in [2.05, 4.69) is 11.6 Å². The van der Waals surface area contributed by atoms with E-state index in [0.717, 1.165) is 9.47 Å². The van der Waals surface area contributed by atoms with Gasteiger partial charge in [-0.05, 0) is 6.07 Å². The minimum absolute atomic E-state index is 0.111. The van der Waals surface area contributed by atoms with Gasteiger partial charge in [0, 0.05) is 18.9 Å². The number of nitrogens with zero attached hydrogens (tertiary/aromatic N) is 3. The summed E-state index contributed by atoms with van der Waals surface area (Å²) in [4.78, 5) is 38.3. The third-order valence-electron chi connectivity index (χ3n) is 2.12. The maximum atomic E-state index is 11.8. The van der Waals surface area contributed by atoms with E-state index in [1.165, 1.54) is 24.5 Å². The van der Waals surface area contributed by atoms with Crippen LogP contribution in [-0.4, -0.2) is 44.5 Å². The van der Waals surface area contributed by atoms with Gasteiger partial charge in [-0.15, -0.1) is 6.58 Å². The molecule has 0 radical (unpaired) electrons. The Bertz CT molecular complexity index is 509. The fraction of sp³-hybridized carbons (Fsp3) is 0.273. The Labute approximate surface area is 103 Å². The van der Waals surface area contributed by atoms with Crippen LogP contribution in [0.4, 0.5) is 0 Å². The molecule has 1 aromatic rings. The number of amides is 1. The third-order valence-corrected chi connectivity index (χ3v) is 2.12. The Morgan fingerprint density at radius 1 is 1.56 bits per heavy atom. The van der Waals surface area contributed by atoms with E-state index in [1.54, 1.807) is 0 Å². The number of carbonyl (C=O) groups is 2. The van der Waals surface area contributed by atoms with Gasteiger partial charge in [0.25, 0.3) is 0 Å². The summed E-state index contributed by atoms with van der Waals surface area (Å²) in [6.07, 6.45) is 4.16. The van der Waals surface area contributed by atoms with Gasteiger partial charge in [-0.3, -0.25) is 14.2 Å². The van der Waals surface area contributed by atoms with Gasteiger partial charge in [0.1, 0.15) is 13.1 Å². The van der Waals surface area contributed by atoms with Gasteiger partial charge >= 0.3 is 11.7 Å². The van der Waals surface area contributed by atoms with Gasteiger partial charge < -0.3 is 10.0 Å². The molecule has 0 fully saturated rings. The molecule has 0 bridgehead atoms. The van der Waals surface area contributed by atoms with Gasteiger partial charge in [-0.1, -0.05) is 6.08 Å². The Balaban J connectivity index is 2.78. The molecular formula is C11H13N3O4. The summed E-state index contributed by atoms with van der Waals surface area (Å²) in [5.74, 6) is -1.60. The van der Waals surface area contributed by atoms with Crippen LogP contribution in [0.25, 0.3) is 0 Å². The fourth-order valence-corrected chi connectivity index (χ4v) is 1.33. The second-order valence-corrected chi connectivity index (χ2v) is 3.49. The van der Waals surface area contributed by atoms with Crippen LogP contribution in [0.5, 0.6) is 0 Å². The molecule has 0 spiro atoms. The average Bonchev–Trinajstić information content (AvgIpc) is 2.31. The quantitative estimate of drug-likeness (QED) is 0.678. The molecule has 0 saturated heterocycles. The molecule has 0 atom stereocenters. The van der Waals surface area contributed by atoms with Crippen LogP contribution in [0.3, 0.4) is 0 Å². The largest absolute Gasteiger partial charge is 0.480 e. The molecule has 1 aromatic heterocycles. The highest BCUT2D eigenvalue weighted by atomic mass is 16.4. The van der Waals surface area contributed by atoms with Gasteiger partial charge in [-0.2, -0.15) is 0 Å². The van der Waals surface area contributed by atoms with Crippen molar-refractivity contribution in [2.45, 2.75) is 6.54 Å². The fourth-order valence-electron chi connectivity index (χ4n) is 1.33. The van der Waals surface area contributed by atoms with E-state index in [4.69, 9.17) is 5.11 Å². The smallest absolute Gasteiger partial charge is 0.347 e. The van der Waals surface area contributed by atoms with E-state index >= 15 is 0 Å². The highest BCUT2D eigenvalue weighted by molar-refractivity contribution is 5.81. The molecule has 0 aliphatic rings. The lowest BCUT2D eigenvalue weighted by atomic mass is 10.4. The summed E-state index contributed by atoms with van der Waals surface area (Å²) in [7, 11) is 0. The molecule has 1 rings (SSSR count). The molecule has 0 aliphatic heterocycles. The first-order valence-electron chi connectivity index (χ1n) is 5.16. The number of hydrogen-bond donors (Lipinski definition) is 1. The lowest BCUT2D eigenvalue weighted by Crippen LogP contribution is -2.39. The molecule has 7 heteroatoms. The number of rotatable bonds is 6. The molecule has 18 heavy (non-hydrogen) atoms. The van der Waals surface area contributed by atoms with E-state index in [-0.39, 0.29) is 13.1 Å². The van der Waals surface area contributed by atoms with E-state index < -0.39 is 24.1 Å². The van der Waals surface area contributed by atoms with Crippen LogP contribution in [0, 0.1) is 0 Å². The zero-order valence-corrected chi connectivity index (χ0v) is 9.65.